The van der Waals surface area contributed by atoms with Crippen molar-refractivity contribution in [3.8, 4) is 5.75 Å². The van der Waals surface area contributed by atoms with Crippen molar-refractivity contribution in [3.05, 3.63) is 58.1 Å². The summed E-state index contributed by atoms with van der Waals surface area (Å²) in [5.41, 5.74) is 2.31. The molecule has 21 heavy (non-hydrogen) atoms. The average Bonchev–Trinajstić information content (AvgIpc) is 2.48. The predicted molar refractivity (Wildman–Crippen MR) is 92.3 cm³/mol. The van der Waals surface area contributed by atoms with Crippen LogP contribution in [0, 0.1) is 6.92 Å². The standard InChI is InChI=1S/C17H19BrO2S/c1-12-5-3-4-6-17(12)21-11-14(19)9-13-10-15(20-2)7-8-16(13)18/h3-8,10,14,19H,9,11H2,1-2H3. The molecule has 2 aromatic rings. The molecule has 1 atom stereocenters. The van der Waals surface area contributed by atoms with Gasteiger partial charge in [0, 0.05) is 21.5 Å². The second-order valence-electron chi connectivity index (χ2n) is 4.89. The fourth-order valence-corrected chi connectivity index (χ4v) is 3.42. The highest BCUT2D eigenvalue weighted by atomic mass is 79.9. The number of methoxy groups -OCH3 is 1. The predicted octanol–water partition coefficient (Wildman–Crippen LogP) is 4.46. The third-order valence-corrected chi connectivity index (χ3v) is 5.33. The van der Waals surface area contributed by atoms with Gasteiger partial charge in [-0.1, -0.05) is 34.1 Å². The van der Waals surface area contributed by atoms with Crippen molar-refractivity contribution in [3.63, 3.8) is 0 Å². The maximum Gasteiger partial charge on any atom is 0.119 e. The molecular weight excluding hydrogens is 348 g/mol. The lowest BCUT2D eigenvalue weighted by atomic mass is 10.1. The number of ether oxygens (including phenoxy) is 1. The number of thioether (sulfide) groups is 1. The van der Waals surface area contributed by atoms with Crippen LogP contribution in [0.2, 0.25) is 0 Å². The third-order valence-electron chi connectivity index (χ3n) is 3.23. The summed E-state index contributed by atoms with van der Waals surface area (Å²) in [6.07, 6.45) is 0.217. The lowest BCUT2D eigenvalue weighted by molar-refractivity contribution is 0.200. The van der Waals surface area contributed by atoms with Crippen LogP contribution < -0.4 is 4.74 Å². The molecule has 0 radical (unpaired) electrons. The molecule has 2 rings (SSSR count). The number of rotatable bonds is 6. The van der Waals surface area contributed by atoms with Gasteiger partial charge in [0.15, 0.2) is 0 Å². The van der Waals surface area contributed by atoms with Crippen molar-refractivity contribution in [2.45, 2.75) is 24.3 Å². The van der Waals surface area contributed by atoms with Gasteiger partial charge in [0.05, 0.1) is 13.2 Å². The minimum Gasteiger partial charge on any atom is -0.497 e. The monoisotopic (exact) mass is 366 g/mol. The average molecular weight is 367 g/mol. The molecule has 0 spiro atoms. The van der Waals surface area contributed by atoms with Gasteiger partial charge in [0.25, 0.3) is 0 Å². The van der Waals surface area contributed by atoms with E-state index in [1.807, 2.05) is 30.3 Å². The van der Waals surface area contributed by atoms with Crippen LogP contribution in [-0.2, 0) is 6.42 Å². The zero-order chi connectivity index (χ0) is 15.2. The van der Waals surface area contributed by atoms with E-state index in [1.165, 1.54) is 10.5 Å². The largest absolute Gasteiger partial charge is 0.497 e. The van der Waals surface area contributed by atoms with Gasteiger partial charge >= 0.3 is 0 Å². The number of aryl methyl sites for hydroxylation is 1. The van der Waals surface area contributed by atoms with Crippen LogP contribution in [0.25, 0.3) is 0 Å². The minimum absolute atomic E-state index is 0.391. The van der Waals surface area contributed by atoms with Gasteiger partial charge in [-0.25, -0.2) is 0 Å². The Morgan fingerprint density at radius 1 is 1.24 bits per heavy atom. The Balaban J connectivity index is 1.96. The summed E-state index contributed by atoms with van der Waals surface area (Å²) >= 11 is 5.22. The number of benzene rings is 2. The van der Waals surface area contributed by atoms with Crippen LogP contribution in [0.4, 0.5) is 0 Å². The maximum atomic E-state index is 10.3. The SMILES string of the molecule is COc1ccc(Br)c(CC(O)CSc2ccccc2C)c1. The van der Waals surface area contributed by atoms with Gasteiger partial charge in [-0.05, 0) is 42.3 Å². The highest BCUT2D eigenvalue weighted by Gasteiger charge is 2.11. The van der Waals surface area contributed by atoms with E-state index in [-0.39, 0.29) is 0 Å². The quantitative estimate of drug-likeness (QED) is 0.765. The molecule has 0 fully saturated rings. The second kappa shape index (κ2) is 7.87. The molecule has 0 amide bonds. The number of hydrogen-bond acceptors (Lipinski definition) is 3. The minimum atomic E-state index is -0.391. The topological polar surface area (TPSA) is 29.5 Å². The zero-order valence-corrected chi connectivity index (χ0v) is 14.6. The van der Waals surface area contributed by atoms with Crippen LogP contribution in [0.5, 0.6) is 5.75 Å². The number of aliphatic hydroxyl groups is 1. The zero-order valence-electron chi connectivity index (χ0n) is 12.2. The molecule has 1 unspecified atom stereocenters. The van der Waals surface area contributed by atoms with Crippen LogP contribution in [0.3, 0.4) is 0 Å². The number of aliphatic hydroxyl groups excluding tert-OH is 1. The highest BCUT2D eigenvalue weighted by Crippen LogP contribution is 2.26. The van der Waals surface area contributed by atoms with Gasteiger partial charge in [-0.3, -0.25) is 0 Å². The lowest BCUT2D eigenvalue weighted by Gasteiger charge is -2.13. The van der Waals surface area contributed by atoms with Crippen molar-refractivity contribution < 1.29 is 9.84 Å². The second-order valence-corrected chi connectivity index (χ2v) is 6.81. The van der Waals surface area contributed by atoms with E-state index in [0.717, 1.165) is 15.8 Å². The van der Waals surface area contributed by atoms with Crippen LogP contribution in [0.15, 0.2) is 51.8 Å². The van der Waals surface area contributed by atoms with E-state index in [0.29, 0.717) is 12.2 Å². The summed E-state index contributed by atoms with van der Waals surface area (Å²) in [4.78, 5) is 1.22. The van der Waals surface area contributed by atoms with Crippen LogP contribution in [-0.4, -0.2) is 24.1 Å². The maximum absolute atomic E-state index is 10.3. The number of halogens is 1. The van der Waals surface area contributed by atoms with E-state index >= 15 is 0 Å². The van der Waals surface area contributed by atoms with E-state index in [1.54, 1.807) is 18.9 Å². The van der Waals surface area contributed by atoms with Crippen molar-refractivity contribution >= 4 is 27.7 Å². The van der Waals surface area contributed by atoms with E-state index in [2.05, 4.69) is 35.0 Å². The van der Waals surface area contributed by atoms with E-state index in [9.17, 15) is 5.11 Å². The Labute approximate surface area is 138 Å². The summed E-state index contributed by atoms with van der Waals surface area (Å²) in [7, 11) is 1.65. The molecule has 0 aliphatic rings. The van der Waals surface area contributed by atoms with Crippen molar-refractivity contribution in [2.24, 2.45) is 0 Å². The van der Waals surface area contributed by atoms with Crippen molar-refractivity contribution in [1.82, 2.24) is 0 Å². The Hall–Kier alpha value is -0.970. The molecule has 112 valence electrons. The first-order valence-corrected chi connectivity index (χ1v) is 8.57. The highest BCUT2D eigenvalue weighted by molar-refractivity contribution is 9.10. The third kappa shape index (κ3) is 4.77. The molecule has 0 aliphatic heterocycles. The summed E-state index contributed by atoms with van der Waals surface area (Å²) < 4.78 is 6.23. The molecule has 0 bridgehead atoms. The summed E-state index contributed by atoms with van der Waals surface area (Å²) in [6, 6.07) is 14.1. The van der Waals surface area contributed by atoms with Crippen molar-refractivity contribution in [2.75, 3.05) is 12.9 Å². The summed E-state index contributed by atoms with van der Waals surface area (Å²) in [5.74, 6) is 1.49. The first kappa shape index (κ1) is 16.4. The molecule has 4 heteroatoms. The first-order valence-electron chi connectivity index (χ1n) is 6.79. The Kier molecular flexibility index (Phi) is 6.15. The fraction of sp³-hybridized carbons (Fsp3) is 0.294. The summed E-state index contributed by atoms with van der Waals surface area (Å²) in [5, 5.41) is 10.3. The molecule has 2 aromatic carbocycles. The first-order chi connectivity index (χ1) is 10.1. The molecule has 1 N–H and O–H groups in total. The lowest BCUT2D eigenvalue weighted by Crippen LogP contribution is -2.14. The van der Waals surface area contributed by atoms with E-state index < -0.39 is 6.10 Å². The normalized spacial score (nSPS) is 12.2. The Morgan fingerprint density at radius 3 is 2.71 bits per heavy atom. The van der Waals surface area contributed by atoms with Crippen LogP contribution in [0.1, 0.15) is 11.1 Å². The molecule has 0 aromatic heterocycles. The summed E-state index contributed by atoms with van der Waals surface area (Å²) in [6.45, 7) is 2.09. The molecule has 0 heterocycles. The van der Waals surface area contributed by atoms with Gasteiger partial charge < -0.3 is 9.84 Å². The molecule has 0 saturated carbocycles. The van der Waals surface area contributed by atoms with Gasteiger partial charge in [0.2, 0.25) is 0 Å². The molecule has 2 nitrogen and oxygen atoms in total. The van der Waals surface area contributed by atoms with Gasteiger partial charge in [0.1, 0.15) is 5.75 Å². The number of hydrogen-bond donors (Lipinski definition) is 1. The van der Waals surface area contributed by atoms with E-state index in [4.69, 9.17) is 4.74 Å². The Bertz CT molecular complexity index is 601. The Morgan fingerprint density at radius 2 is 2.00 bits per heavy atom. The van der Waals surface area contributed by atoms with Crippen molar-refractivity contribution in [1.29, 1.82) is 0 Å². The van der Waals surface area contributed by atoms with Gasteiger partial charge in [-0.2, -0.15) is 0 Å². The molecule has 0 saturated heterocycles. The molecule has 0 aliphatic carbocycles. The molecular formula is C17H19BrO2S. The smallest absolute Gasteiger partial charge is 0.119 e. The van der Waals surface area contributed by atoms with Crippen LogP contribution >= 0.6 is 27.7 Å². The fourth-order valence-electron chi connectivity index (χ4n) is 2.05. The van der Waals surface area contributed by atoms with Gasteiger partial charge in [-0.15, -0.1) is 11.8 Å².